The molecule has 1 aromatic rings. The smallest absolute Gasteiger partial charge is 0.227 e. The zero-order valence-electron chi connectivity index (χ0n) is 16.9. The van der Waals surface area contributed by atoms with Gasteiger partial charge in [-0.2, -0.15) is 0 Å². The number of piperidine rings is 2. The van der Waals surface area contributed by atoms with Crippen LogP contribution in [0.5, 0.6) is 0 Å². The van der Waals surface area contributed by atoms with E-state index in [1.165, 1.54) is 0 Å². The molecule has 1 saturated carbocycles. The van der Waals surface area contributed by atoms with Gasteiger partial charge in [-0.15, -0.1) is 0 Å². The van der Waals surface area contributed by atoms with Gasteiger partial charge >= 0.3 is 0 Å². The highest BCUT2D eigenvalue weighted by molar-refractivity contribution is 5.81. The Labute approximate surface area is 167 Å². The van der Waals surface area contributed by atoms with Crippen LogP contribution in [0.4, 0.5) is 0 Å². The Morgan fingerprint density at radius 1 is 1.07 bits per heavy atom. The second kappa shape index (κ2) is 8.60. The van der Waals surface area contributed by atoms with Crippen molar-refractivity contribution in [3.05, 3.63) is 30.1 Å². The third kappa shape index (κ3) is 4.54. The van der Waals surface area contributed by atoms with E-state index in [-0.39, 0.29) is 11.8 Å². The Hall–Kier alpha value is -1.95. The number of hydrogen-bond acceptors (Lipinski definition) is 4. The third-order valence-corrected chi connectivity index (χ3v) is 6.52. The van der Waals surface area contributed by atoms with Crippen LogP contribution in [0.3, 0.4) is 0 Å². The Kier molecular flexibility index (Phi) is 5.95. The summed E-state index contributed by atoms with van der Waals surface area (Å²) in [6.07, 6.45) is 8.08. The van der Waals surface area contributed by atoms with Gasteiger partial charge in [-0.05, 0) is 57.2 Å². The summed E-state index contributed by atoms with van der Waals surface area (Å²) in [5.41, 5.74) is 0.929. The molecular formula is C22H32N4O2. The number of amides is 2. The first-order valence-electron chi connectivity index (χ1n) is 10.8. The lowest BCUT2D eigenvalue weighted by molar-refractivity contribution is -0.137. The van der Waals surface area contributed by atoms with E-state index < -0.39 is 0 Å². The van der Waals surface area contributed by atoms with Crippen molar-refractivity contribution in [1.29, 1.82) is 0 Å². The van der Waals surface area contributed by atoms with E-state index in [1.54, 1.807) is 6.20 Å². The summed E-state index contributed by atoms with van der Waals surface area (Å²) in [5, 5.41) is 0. The molecule has 0 bridgehead atoms. The quantitative estimate of drug-likeness (QED) is 0.781. The number of aromatic nitrogens is 1. The summed E-state index contributed by atoms with van der Waals surface area (Å²) in [5.74, 6) is 1.01. The normalized spacial score (nSPS) is 24.2. The van der Waals surface area contributed by atoms with Gasteiger partial charge in [-0.25, -0.2) is 0 Å². The van der Waals surface area contributed by atoms with Gasteiger partial charge in [0.2, 0.25) is 11.8 Å². The lowest BCUT2D eigenvalue weighted by Crippen LogP contribution is -2.51. The van der Waals surface area contributed by atoms with Crippen molar-refractivity contribution in [2.24, 2.45) is 11.8 Å². The fourth-order valence-corrected chi connectivity index (χ4v) is 4.70. The number of hydrogen-bond donors (Lipinski definition) is 0. The third-order valence-electron chi connectivity index (χ3n) is 6.52. The molecule has 0 radical (unpaired) electrons. The summed E-state index contributed by atoms with van der Waals surface area (Å²) in [7, 11) is 1.89. The molecule has 0 spiro atoms. The molecule has 1 aromatic heterocycles. The van der Waals surface area contributed by atoms with Crippen LogP contribution in [0, 0.1) is 11.8 Å². The summed E-state index contributed by atoms with van der Waals surface area (Å²) in [6.45, 7) is 4.27. The summed E-state index contributed by atoms with van der Waals surface area (Å²) in [6, 6.07) is 6.34. The van der Waals surface area contributed by atoms with Crippen LogP contribution in [-0.2, 0) is 16.1 Å². The first-order valence-corrected chi connectivity index (χ1v) is 10.8. The molecule has 3 aliphatic rings. The number of carbonyl (C=O) groups excluding carboxylic acids is 2. The van der Waals surface area contributed by atoms with Crippen LogP contribution in [-0.4, -0.2) is 70.8 Å². The molecule has 1 unspecified atom stereocenters. The van der Waals surface area contributed by atoms with Crippen LogP contribution in [0.2, 0.25) is 0 Å². The van der Waals surface area contributed by atoms with Crippen LogP contribution in [0.1, 0.15) is 44.2 Å². The molecule has 2 aliphatic heterocycles. The number of rotatable bonds is 5. The fourth-order valence-electron chi connectivity index (χ4n) is 4.70. The van der Waals surface area contributed by atoms with Crippen molar-refractivity contribution in [2.75, 3.05) is 33.2 Å². The first-order chi connectivity index (χ1) is 13.6. The molecule has 2 amide bonds. The van der Waals surface area contributed by atoms with Gasteiger partial charge in [-0.3, -0.25) is 19.5 Å². The van der Waals surface area contributed by atoms with Gasteiger partial charge in [0, 0.05) is 44.8 Å². The van der Waals surface area contributed by atoms with Gasteiger partial charge in [-0.1, -0.05) is 6.07 Å². The van der Waals surface area contributed by atoms with Crippen LogP contribution in [0.25, 0.3) is 0 Å². The zero-order chi connectivity index (χ0) is 19.5. The molecule has 6 nitrogen and oxygen atoms in total. The van der Waals surface area contributed by atoms with Gasteiger partial charge in [0.25, 0.3) is 0 Å². The lowest BCUT2D eigenvalue weighted by atomic mass is 9.92. The minimum atomic E-state index is 0.0774. The standard InChI is InChI=1S/C22H32N4O2/c1-24(16-19-6-2-3-11-23-19)21(27)18-5-4-12-26(15-18)20-9-13-25(14-10-20)22(28)17-7-8-17/h2-3,6,11,17-18,20H,4-5,7-10,12-16H2,1H3. The average molecular weight is 385 g/mol. The van der Waals surface area contributed by atoms with Crippen molar-refractivity contribution in [2.45, 2.75) is 51.1 Å². The zero-order valence-corrected chi connectivity index (χ0v) is 16.9. The fraction of sp³-hybridized carbons (Fsp3) is 0.682. The van der Waals surface area contributed by atoms with Gasteiger partial charge in [0.1, 0.15) is 0 Å². The molecular weight excluding hydrogens is 352 g/mol. The van der Waals surface area contributed by atoms with E-state index in [0.717, 1.165) is 70.4 Å². The molecule has 152 valence electrons. The molecule has 3 heterocycles. The second-order valence-corrected chi connectivity index (χ2v) is 8.68. The van der Waals surface area contributed by atoms with E-state index in [4.69, 9.17) is 0 Å². The molecule has 6 heteroatoms. The van der Waals surface area contributed by atoms with Crippen molar-refractivity contribution < 1.29 is 9.59 Å². The van der Waals surface area contributed by atoms with Crippen LogP contribution < -0.4 is 0 Å². The van der Waals surface area contributed by atoms with Crippen molar-refractivity contribution >= 4 is 11.8 Å². The Bertz CT molecular complexity index is 683. The predicted octanol–water partition coefficient (Wildman–Crippen LogP) is 2.15. The monoisotopic (exact) mass is 384 g/mol. The maximum atomic E-state index is 13.0. The topological polar surface area (TPSA) is 56.8 Å². The largest absolute Gasteiger partial charge is 0.342 e. The van der Waals surface area contributed by atoms with Gasteiger partial charge < -0.3 is 9.80 Å². The van der Waals surface area contributed by atoms with E-state index in [0.29, 0.717) is 24.4 Å². The highest BCUT2D eigenvalue weighted by Crippen LogP contribution is 2.32. The van der Waals surface area contributed by atoms with Crippen LogP contribution in [0.15, 0.2) is 24.4 Å². The van der Waals surface area contributed by atoms with Gasteiger partial charge in [0.05, 0.1) is 18.2 Å². The number of nitrogens with zero attached hydrogens (tertiary/aromatic N) is 4. The molecule has 1 aliphatic carbocycles. The van der Waals surface area contributed by atoms with Gasteiger partial charge in [0.15, 0.2) is 0 Å². The van der Waals surface area contributed by atoms with E-state index in [1.807, 2.05) is 30.1 Å². The maximum absolute atomic E-state index is 13.0. The first kappa shape index (κ1) is 19.4. The highest BCUT2D eigenvalue weighted by atomic mass is 16.2. The molecule has 4 rings (SSSR count). The SMILES string of the molecule is CN(Cc1ccccn1)C(=O)C1CCCN(C2CCN(C(=O)C3CC3)CC2)C1. The van der Waals surface area contributed by atoms with Crippen LogP contribution >= 0.6 is 0 Å². The number of likely N-dealkylation sites (tertiary alicyclic amines) is 2. The molecule has 0 aromatic carbocycles. The number of carbonyl (C=O) groups is 2. The summed E-state index contributed by atoms with van der Waals surface area (Å²) >= 11 is 0. The number of pyridine rings is 1. The summed E-state index contributed by atoms with van der Waals surface area (Å²) < 4.78 is 0. The Balaban J connectivity index is 1.28. The second-order valence-electron chi connectivity index (χ2n) is 8.68. The average Bonchev–Trinajstić information content (AvgIpc) is 3.59. The predicted molar refractivity (Wildman–Crippen MR) is 107 cm³/mol. The summed E-state index contributed by atoms with van der Waals surface area (Å²) in [4.78, 5) is 36.0. The maximum Gasteiger partial charge on any atom is 0.227 e. The Morgan fingerprint density at radius 2 is 1.86 bits per heavy atom. The molecule has 28 heavy (non-hydrogen) atoms. The molecule has 1 atom stereocenters. The van der Waals surface area contributed by atoms with Crippen molar-refractivity contribution in [3.8, 4) is 0 Å². The van der Waals surface area contributed by atoms with E-state index in [2.05, 4.69) is 14.8 Å². The highest BCUT2D eigenvalue weighted by Gasteiger charge is 2.37. The van der Waals surface area contributed by atoms with Crippen molar-refractivity contribution in [3.63, 3.8) is 0 Å². The van der Waals surface area contributed by atoms with Crippen molar-refractivity contribution in [1.82, 2.24) is 19.7 Å². The molecule has 3 fully saturated rings. The Morgan fingerprint density at radius 3 is 2.54 bits per heavy atom. The van der Waals surface area contributed by atoms with E-state index >= 15 is 0 Å². The minimum absolute atomic E-state index is 0.0774. The lowest BCUT2D eigenvalue weighted by Gasteiger charge is -2.42. The van der Waals surface area contributed by atoms with E-state index in [9.17, 15) is 9.59 Å². The molecule has 2 saturated heterocycles. The molecule has 0 N–H and O–H groups in total. The minimum Gasteiger partial charge on any atom is -0.342 e.